The van der Waals surface area contributed by atoms with E-state index < -0.39 is 0 Å². The Labute approximate surface area is 153 Å². The number of rotatable bonds is 3. The molecule has 2 aromatic rings. The van der Waals surface area contributed by atoms with Gasteiger partial charge in [0.25, 0.3) is 11.8 Å². The molecule has 3 rings (SSSR count). The van der Waals surface area contributed by atoms with E-state index in [0.29, 0.717) is 29.9 Å². The Kier molecular flexibility index (Phi) is 5.32. The molecule has 1 saturated heterocycles. The van der Waals surface area contributed by atoms with Gasteiger partial charge < -0.3 is 15.0 Å². The molecule has 1 aliphatic heterocycles. The number of nitrogens with zero attached hydrogens (tertiary/aromatic N) is 2. The molecule has 0 radical (unpaired) electrons. The number of nitrogens with one attached hydrogen (secondary N) is 1. The Morgan fingerprint density at radius 2 is 1.81 bits per heavy atom. The average molecular weight is 353 g/mol. The number of hydrogen-bond donors (Lipinski definition) is 1. The highest BCUT2D eigenvalue weighted by Gasteiger charge is 2.28. The van der Waals surface area contributed by atoms with Crippen LogP contribution in [0.4, 0.5) is 5.69 Å². The molecule has 0 bridgehead atoms. The molecule has 2 atom stereocenters. The molecule has 1 N–H and O–H groups in total. The fourth-order valence-corrected chi connectivity index (χ4v) is 3.09. The normalized spacial score (nSPS) is 19.9. The van der Waals surface area contributed by atoms with Crippen LogP contribution in [-0.2, 0) is 4.74 Å². The number of hydrogen-bond acceptors (Lipinski definition) is 4. The van der Waals surface area contributed by atoms with Crippen LogP contribution in [0.15, 0.2) is 42.6 Å². The molecule has 6 nitrogen and oxygen atoms in total. The lowest BCUT2D eigenvalue weighted by Crippen LogP contribution is -2.48. The summed E-state index contributed by atoms with van der Waals surface area (Å²) in [6.45, 7) is 6.84. The molecule has 6 heteroatoms. The second-order valence-electron chi connectivity index (χ2n) is 6.66. The second kappa shape index (κ2) is 7.66. The summed E-state index contributed by atoms with van der Waals surface area (Å²) < 4.78 is 5.69. The highest BCUT2D eigenvalue weighted by atomic mass is 16.5. The van der Waals surface area contributed by atoms with Crippen LogP contribution < -0.4 is 5.32 Å². The fourth-order valence-electron chi connectivity index (χ4n) is 3.09. The number of anilines is 1. The van der Waals surface area contributed by atoms with Crippen LogP contribution in [0.5, 0.6) is 0 Å². The van der Waals surface area contributed by atoms with Gasteiger partial charge >= 0.3 is 0 Å². The quantitative estimate of drug-likeness (QED) is 0.921. The van der Waals surface area contributed by atoms with E-state index in [2.05, 4.69) is 10.3 Å². The molecule has 0 saturated carbocycles. The first kappa shape index (κ1) is 18.1. The molecular weight excluding hydrogens is 330 g/mol. The first-order valence-electron chi connectivity index (χ1n) is 8.72. The van der Waals surface area contributed by atoms with Gasteiger partial charge in [0.05, 0.1) is 29.0 Å². The van der Waals surface area contributed by atoms with Crippen LogP contribution in [0.3, 0.4) is 0 Å². The largest absolute Gasteiger partial charge is 0.372 e. The van der Waals surface area contributed by atoms with Gasteiger partial charge in [-0.2, -0.15) is 0 Å². The Bertz CT molecular complexity index is 794. The van der Waals surface area contributed by atoms with Crippen LogP contribution in [0, 0.1) is 6.92 Å². The molecule has 1 aromatic heterocycles. The number of aryl methyl sites for hydroxylation is 1. The van der Waals surface area contributed by atoms with Gasteiger partial charge in [0.2, 0.25) is 0 Å². The average Bonchev–Trinajstić information content (AvgIpc) is 2.61. The highest BCUT2D eigenvalue weighted by Crippen LogP contribution is 2.21. The van der Waals surface area contributed by atoms with Crippen molar-refractivity contribution in [2.24, 2.45) is 0 Å². The zero-order chi connectivity index (χ0) is 18.7. The van der Waals surface area contributed by atoms with Crippen LogP contribution >= 0.6 is 0 Å². The van der Waals surface area contributed by atoms with Crippen molar-refractivity contribution in [2.45, 2.75) is 33.0 Å². The number of carbonyl (C=O) groups excluding carboxylic acids is 2. The van der Waals surface area contributed by atoms with Crippen LogP contribution in [0.2, 0.25) is 0 Å². The summed E-state index contributed by atoms with van der Waals surface area (Å²) in [5.74, 6) is -0.397. The number of benzene rings is 1. The molecule has 0 aliphatic carbocycles. The lowest BCUT2D eigenvalue weighted by molar-refractivity contribution is -0.0585. The summed E-state index contributed by atoms with van der Waals surface area (Å²) in [6.07, 6.45) is 1.51. The molecule has 26 heavy (non-hydrogen) atoms. The zero-order valence-electron chi connectivity index (χ0n) is 15.2. The van der Waals surface area contributed by atoms with Gasteiger partial charge in [-0.25, -0.2) is 0 Å². The van der Waals surface area contributed by atoms with Gasteiger partial charge in [-0.3, -0.25) is 14.6 Å². The molecule has 1 aromatic carbocycles. The number of morpholine rings is 1. The van der Waals surface area contributed by atoms with Crippen LogP contribution in [0.25, 0.3) is 0 Å². The molecule has 1 aliphatic rings. The van der Waals surface area contributed by atoms with Crippen molar-refractivity contribution < 1.29 is 14.3 Å². The van der Waals surface area contributed by atoms with E-state index in [-0.39, 0.29) is 24.0 Å². The molecule has 2 heterocycles. The minimum absolute atomic E-state index is 0.0110. The third-order valence-electron chi connectivity index (χ3n) is 4.29. The summed E-state index contributed by atoms with van der Waals surface area (Å²) in [7, 11) is 0. The molecule has 0 spiro atoms. The van der Waals surface area contributed by atoms with Gasteiger partial charge in [0, 0.05) is 25.0 Å². The summed E-state index contributed by atoms with van der Waals surface area (Å²) in [4.78, 5) is 31.4. The van der Waals surface area contributed by atoms with Crippen LogP contribution in [-0.4, -0.2) is 47.0 Å². The lowest BCUT2D eigenvalue weighted by atomic mass is 10.1. The maximum absolute atomic E-state index is 13.0. The van der Waals surface area contributed by atoms with Gasteiger partial charge in [-0.05, 0) is 45.0 Å². The van der Waals surface area contributed by atoms with Gasteiger partial charge in [-0.15, -0.1) is 0 Å². The predicted molar refractivity (Wildman–Crippen MR) is 99.3 cm³/mol. The molecule has 136 valence electrons. The fraction of sp³-hybridized carbons (Fsp3) is 0.350. The van der Waals surface area contributed by atoms with Crippen molar-refractivity contribution in [3.8, 4) is 0 Å². The summed E-state index contributed by atoms with van der Waals surface area (Å²) in [5, 5.41) is 2.83. The highest BCUT2D eigenvalue weighted by molar-refractivity contribution is 6.08. The van der Waals surface area contributed by atoms with Gasteiger partial charge in [-0.1, -0.05) is 12.1 Å². The van der Waals surface area contributed by atoms with Crippen molar-refractivity contribution in [1.29, 1.82) is 0 Å². The second-order valence-corrected chi connectivity index (χ2v) is 6.66. The predicted octanol–water partition coefficient (Wildman–Crippen LogP) is 2.89. The number of pyridine rings is 1. The SMILES string of the molecule is Cc1ccc(C(=O)Nc2ccccc2C(=O)N2C[C@H](C)O[C@@H](C)C2)cn1. The van der Waals surface area contributed by atoms with E-state index in [1.165, 1.54) is 6.20 Å². The summed E-state index contributed by atoms with van der Waals surface area (Å²) in [5.41, 5.74) is 2.26. The molecule has 1 fully saturated rings. The number of amides is 2. The summed E-state index contributed by atoms with van der Waals surface area (Å²) in [6, 6.07) is 10.6. The maximum Gasteiger partial charge on any atom is 0.257 e. The topological polar surface area (TPSA) is 71.5 Å². The third-order valence-corrected chi connectivity index (χ3v) is 4.29. The number of para-hydroxylation sites is 1. The van der Waals surface area contributed by atoms with Crippen molar-refractivity contribution in [3.63, 3.8) is 0 Å². The first-order valence-corrected chi connectivity index (χ1v) is 8.72. The number of carbonyl (C=O) groups is 2. The Morgan fingerprint density at radius 3 is 2.46 bits per heavy atom. The van der Waals surface area contributed by atoms with E-state index in [1.54, 1.807) is 41.3 Å². The maximum atomic E-state index is 13.0. The lowest BCUT2D eigenvalue weighted by Gasteiger charge is -2.35. The smallest absolute Gasteiger partial charge is 0.257 e. The minimum Gasteiger partial charge on any atom is -0.372 e. The Morgan fingerprint density at radius 1 is 1.12 bits per heavy atom. The third kappa shape index (κ3) is 4.08. The van der Waals surface area contributed by atoms with E-state index in [9.17, 15) is 9.59 Å². The van der Waals surface area contributed by atoms with Crippen molar-refractivity contribution in [3.05, 3.63) is 59.4 Å². The van der Waals surface area contributed by atoms with Crippen molar-refractivity contribution >= 4 is 17.5 Å². The standard InChI is InChI=1S/C20H23N3O3/c1-13-8-9-16(10-21-13)19(24)22-18-7-5-4-6-17(18)20(25)23-11-14(2)26-15(3)12-23/h4-10,14-15H,11-12H2,1-3H3,(H,22,24)/t14-,15-/m0/s1. The minimum atomic E-state index is -0.290. The number of aromatic nitrogens is 1. The van der Waals surface area contributed by atoms with E-state index in [4.69, 9.17) is 4.74 Å². The van der Waals surface area contributed by atoms with Crippen molar-refractivity contribution in [1.82, 2.24) is 9.88 Å². The van der Waals surface area contributed by atoms with Gasteiger partial charge in [0.15, 0.2) is 0 Å². The molecule has 0 unspecified atom stereocenters. The monoisotopic (exact) mass is 353 g/mol. The van der Waals surface area contributed by atoms with E-state index in [0.717, 1.165) is 5.69 Å². The van der Waals surface area contributed by atoms with E-state index >= 15 is 0 Å². The Hall–Kier alpha value is -2.73. The first-order chi connectivity index (χ1) is 12.4. The van der Waals surface area contributed by atoms with Crippen LogP contribution in [0.1, 0.15) is 40.3 Å². The number of ether oxygens (including phenoxy) is 1. The van der Waals surface area contributed by atoms with Crippen molar-refractivity contribution in [2.75, 3.05) is 18.4 Å². The summed E-state index contributed by atoms with van der Waals surface area (Å²) >= 11 is 0. The Balaban J connectivity index is 1.80. The zero-order valence-corrected chi connectivity index (χ0v) is 15.2. The molecular formula is C20H23N3O3. The van der Waals surface area contributed by atoms with E-state index in [1.807, 2.05) is 20.8 Å². The van der Waals surface area contributed by atoms with Gasteiger partial charge in [0.1, 0.15) is 0 Å². The molecule has 2 amide bonds.